The van der Waals surface area contributed by atoms with Crippen molar-refractivity contribution >= 4 is 28.9 Å². The van der Waals surface area contributed by atoms with Gasteiger partial charge in [-0.15, -0.1) is 0 Å². The molecule has 0 heterocycles. The maximum Gasteiger partial charge on any atom is 0.137 e. The van der Waals surface area contributed by atoms with Crippen molar-refractivity contribution in [3.05, 3.63) is 35.9 Å². The summed E-state index contributed by atoms with van der Waals surface area (Å²) >= 11 is 0. The maximum absolute atomic E-state index is 11.6. The van der Waals surface area contributed by atoms with Gasteiger partial charge in [0.2, 0.25) is 0 Å². The van der Waals surface area contributed by atoms with Crippen LogP contribution in [-0.4, -0.2) is 28.9 Å². The van der Waals surface area contributed by atoms with Crippen LogP contribution in [0.5, 0.6) is 0 Å². The zero-order valence-corrected chi connectivity index (χ0v) is 43.1. The SMILES string of the molecule is C.C.C.C.C.CC(C)(C)CC(=O)CC(C)(C)C.CC(C)(C)CC(=O)CC1CCC1.CC(C)(C)CC(=O)CC1CCCC1.CC(C)(C)CC(=O)Cc1ccccc1.CCC(=O)CC(C)(C)C. The van der Waals surface area contributed by atoms with E-state index in [-0.39, 0.29) is 69.6 Å². The van der Waals surface area contributed by atoms with Crippen molar-refractivity contribution in [2.45, 2.75) is 278 Å². The van der Waals surface area contributed by atoms with Gasteiger partial charge in [-0.05, 0) is 49.9 Å². The smallest absolute Gasteiger partial charge is 0.137 e. The van der Waals surface area contributed by atoms with Gasteiger partial charge in [0.25, 0.3) is 0 Å². The van der Waals surface area contributed by atoms with Gasteiger partial charge in [0.15, 0.2) is 0 Å². The van der Waals surface area contributed by atoms with Gasteiger partial charge in [0, 0.05) is 64.2 Å². The fraction of sp³-hybridized carbons (Fsp3) is 0.817. The fourth-order valence-electron chi connectivity index (χ4n) is 7.32. The fourth-order valence-corrected chi connectivity index (χ4v) is 7.32. The van der Waals surface area contributed by atoms with Gasteiger partial charge in [0.1, 0.15) is 28.9 Å². The third-order valence-corrected chi connectivity index (χ3v) is 9.74. The second kappa shape index (κ2) is 35.7. The van der Waals surface area contributed by atoms with E-state index >= 15 is 0 Å². The van der Waals surface area contributed by atoms with Crippen LogP contribution in [-0.2, 0) is 30.4 Å². The van der Waals surface area contributed by atoms with Crippen LogP contribution < -0.4 is 0 Å². The van der Waals surface area contributed by atoms with Crippen molar-refractivity contribution in [1.82, 2.24) is 0 Å². The Bertz CT molecular complexity index is 1350. The molecule has 0 spiro atoms. The summed E-state index contributed by atoms with van der Waals surface area (Å²) in [6.07, 6.45) is 16.4. The summed E-state index contributed by atoms with van der Waals surface area (Å²) < 4.78 is 0. The first-order valence-electron chi connectivity index (χ1n) is 23.6. The Balaban J connectivity index is -0.000000128. The van der Waals surface area contributed by atoms with Gasteiger partial charge < -0.3 is 0 Å². The van der Waals surface area contributed by atoms with E-state index in [2.05, 4.69) is 125 Å². The Morgan fingerprint density at radius 3 is 0.892 bits per heavy atom. The number of ketones is 5. The lowest BCUT2D eigenvalue weighted by molar-refractivity contribution is -0.123. The van der Waals surface area contributed by atoms with Crippen molar-refractivity contribution in [3.63, 3.8) is 0 Å². The van der Waals surface area contributed by atoms with E-state index in [0.717, 1.165) is 43.1 Å². The highest BCUT2D eigenvalue weighted by molar-refractivity contribution is 5.81. The molecule has 5 heteroatoms. The molecule has 0 amide bonds. The number of benzene rings is 1. The summed E-state index contributed by atoms with van der Waals surface area (Å²) in [6, 6.07) is 9.91. The van der Waals surface area contributed by atoms with E-state index < -0.39 is 0 Å². The molecule has 0 unspecified atom stereocenters. The first-order chi connectivity index (χ1) is 27.0. The summed E-state index contributed by atoms with van der Waals surface area (Å²) in [5, 5.41) is 0. The molecule has 5 nitrogen and oxygen atoms in total. The highest BCUT2D eigenvalue weighted by Crippen LogP contribution is 2.32. The quantitative estimate of drug-likeness (QED) is 0.197. The van der Waals surface area contributed by atoms with E-state index in [1.165, 1.54) is 44.9 Å². The van der Waals surface area contributed by atoms with Crippen LogP contribution in [0.3, 0.4) is 0 Å². The topological polar surface area (TPSA) is 85.3 Å². The minimum atomic E-state index is 0. The normalized spacial score (nSPS) is 13.8. The number of rotatable bonds is 13. The van der Waals surface area contributed by atoms with Gasteiger partial charge in [0.05, 0.1) is 0 Å². The van der Waals surface area contributed by atoms with Gasteiger partial charge in [-0.2, -0.15) is 0 Å². The van der Waals surface area contributed by atoms with Crippen molar-refractivity contribution in [2.75, 3.05) is 0 Å². The molecule has 1 aromatic rings. The molecule has 1 aromatic carbocycles. The third-order valence-electron chi connectivity index (χ3n) is 9.74. The monoisotopic (exact) mass is 919 g/mol. The predicted molar refractivity (Wildman–Crippen MR) is 292 cm³/mol. The molecule has 65 heavy (non-hydrogen) atoms. The molecule has 2 saturated carbocycles. The average Bonchev–Trinajstić information content (AvgIpc) is 3.48. The minimum Gasteiger partial charge on any atom is -0.300 e. The zero-order chi connectivity index (χ0) is 47.2. The molecule has 388 valence electrons. The first-order valence-corrected chi connectivity index (χ1v) is 23.6. The first kappa shape index (κ1) is 76.8. The van der Waals surface area contributed by atoms with Crippen LogP contribution in [0.2, 0.25) is 0 Å². The summed E-state index contributed by atoms with van der Waals surface area (Å²) in [5.41, 5.74) is 2.03. The highest BCUT2D eigenvalue weighted by atomic mass is 16.1. The molecular weight excluding hydrogens is 801 g/mol. The molecule has 2 aliphatic rings. The van der Waals surface area contributed by atoms with Crippen LogP contribution >= 0.6 is 0 Å². The molecule has 2 fully saturated rings. The Hall–Kier alpha value is -2.43. The second-order valence-corrected chi connectivity index (χ2v) is 25.5. The Morgan fingerprint density at radius 2 is 0.646 bits per heavy atom. The lowest BCUT2D eigenvalue weighted by Gasteiger charge is -2.26. The van der Waals surface area contributed by atoms with Crippen LogP contribution in [0.4, 0.5) is 0 Å². The minimum absolute atomic E-state index is 0. The molecule has 0 aromatic heterocycles. The van der Waals surface area contributed by atoms with Crippen LogP contribution in [0, 0.1) is 44.3 Å². The van der Waals surface area contributed by atoms with Crippen molar-refractivity contribution < 1.29 is 24.0 Å². The Morgan fingerprint density at radius 1 is 0.385 bits per heavy atom. The molecule has 0 atom stereocenters. The number of carbonyl (C=O) groups excluding carboxylic acids is 5. The van der Waals surface area contributed by atoms with Crippen molar-refractivity contribution in [2.24, 2.45) is 44.3 Å². The number of hydrogen-bond donors (Lipinski definition) is 0. The highest BCUT2D eigenvalue weighted by Gasteiger charge is 2.25. The van der Waals surface area contributed by atoms with Crippen molar-refractivity contribution in [1.29, 1.82) is 0 Å². The molecule has 0 bridgehead atoms. The van der Waals surface area contributed by atoms with E-state index in [9.17, 15) is 24.0 Å². The van der Waals surface area contributed by atoms with E-state index in [1.54, 1.807) is 0 Å². The molecule has 0 N–H and O–H groups in total. The van der Waals surface area contributed by atoms with Gasteiger partial charge in [-0.1, -0.05) is 244 Å². The lowest BCUT2D eigenvalue weighted by Crippen LogP contribution is -2.19. The standard InChI is InChI=1S/C13H18O.C12H22O.C11H20O.C11H22O.C8H16O.5CH4/c1-13(2,3)10-12(14)9-11-7-5-4-6-8-11;1-12(2,3)9-11(13)8-10-6-4-5-7-10;1-11(2,3)8-10(12)7-9-5-4-6-9;1-10(2,3)7-9(12)8-11(4,5)6;1-5-7(9)6-8(2,3)4;;;;;/h4-8H,9-10H2,1-3H3;10H,4-9H2,1-3H3;9H,4-8H2,1-3H3;7-8H2,1-6H3;5-6H2,1-4H3;5*1H4. The summed E-state index contributed by atoms with van der Waals surface area (Å²) in [5.74, 6) is 3.46. The third kappa shape index (κ3) is 55.8. The van der Waals surface area contributed by atoms with Gasteiger partial charge >= 0.3 is 0 Å². The summed E-state index contributed by atoms with van der Waals surface area (Å²) in [6.45, 7) is 39.9. The van der Waals surface area contributed by atoms with Crippen LogP contribution in [0.1, 0.15) is 277 Å². The van der Waals surface area contributed by atoms with E-state index in [1.807, 2.05) is 37.3 Å². The molecule has 3 rings (SSSR count). The Labute approximate surface area is 409 Å². The van der Waals surface area contributed by atoms with Gasteiger partial charge in [-0.25, -0.2) is 0 Å². The maximum atomic E-state index is 11.6. The summed E-state index contributed by atoms with van der Waals surface area (Å²) in [4.78, 5) is 57.0. The molecule has 0 aliphatic heterocycles. The largest absolute Gasteiger partial charge is 0.300 e. The molecule has 0 saturated heterocycles. The van der Waals surface area contributed by atoms with Crippen LogP contribution in [0.15, 0.2) is 30.3 Å². The average molecular weight is 920 g/mol. The molecule has 0 radical (unpaired) electrons. The van der Waals surface area contributed by atoms with Gasteiger partial charge in [-0.3, -0.25) is 24.0 Å². The number of hydrogen-bond acceptors (Lipinski definition) is 5. The predicted octanol–water partition coefficient (Wildman–Crippen LogP) is 19.0. The van der Waals surface area contributed by atoms with Crippen LogP contribution in [0.25, 0.3) is 0 Å². The summed E-state index contributed by atoms with van der Waals surface area (Å²) in [7, 11) is 0. The number of Topliss-reactive ketones (excluding diaryl/α,β-unsaturated/α-hetero) is 5. The zero-order valence-electron chi connectivity index (χ0n) is 43.1. The van der Waals surface area contributed by atoms with E-state index in [4.69, 9.17) is 0 Å². The molecule has 2 aliphatic carbocycles. The second-order valence-electron chi connectivity index (χ2n) is 25.5. The number of carbonyl (C=O) groups is 5. The Kier molecular flexibility index (Phi) is 42.2. The lowest BCUT2D eigenvalue weighted by atomic mass is 9.79. The van der Waals surface area contributed by atoms with E-state index in [0.29, 0.717) is 67.4 Å². The van der Waals surface area contributed by atoms with Crippen molar-refractivity contribution in [3.8, 4) is 0 Å². The molecular formula is C60H118O5.